The van der Waals surface area contributed by atoms with Gasteiger partial charge in [0.25, 0.3) is 5.91 Å². The van der Waals surface area contributed by atoms with Gasteiger partial charge < -0.3 is 29.1 Å². The molecule has 0 bridgehead atoms. The van der Waals surface area contributed by atoms with Gasteiger partial charge in [0.05, 0.1) is 54.2 Å². The van der Waals surface area contributed by atoms with Crippen LogP contribution in [0.3, 0.4) is 0 Å². The van der Waals surface area contributed by atoms with Crippen molar-refractivity contribution in [1.82, 2.24) is 14.8 Å². The summed E-state index contributed by atoms with van der Waals surface area (Å²) in [5.41, 5.74) is -0.0383. The second-order valence-corrected chi connectivity index (χ2v) is 15.4. The summed E-state index contributed by atoms with van der Waals surface area (Å²) >= 11 is 12.3. The van der Waals surface area contributed by atoms with E-state index in [0.717, 1.165) is 63.9 Å². The van der Waals surface area contributed by atoms with Crippen molar-refractivity contribution < 1.29 is 28.5 Å². The van der Waals surface area contributed by atoms with Crippen LogP contribution in [0.2, 0.25) is 10.0 Å². The number of halogens is 3. The molecule has 0 radical (unpaired) electrons. The summed E-state index contributed by atoms with van der Waals surface area (Å²) in [5.74, 6) is -1.25. The van der Waals surface area contributed by atoms with Crippen molar-refractivity contribution in [2.24, 2.45) is 11.3 Å². The molecule has 2 saturated heterocycles. The minimum atomic E-state index is -1.41. The highest BCUT2D eigenvalue weighted by molar-refractivity contribution is 6.30. The lowest BCUT2D eigenvalue weighted by Crippen LogP contribution is -2.43. The molecule has 1 aromatic heterocycles. The highest BCUT2D eigenvalue weighted by Crippen LogP contribution is 2.45. The van der Waals surface area contributed by atoms with Crippen LogP contribution in [0.1, 0.15) is 84.6 Å². The van der Waals surface area contributed by atoms with Crippen molar-refractivity contribution in [3.8, 4) is 6.07 Å². The number of ether oxygens (including phenoxy) is 3. The molecule has 52 heavy (non-hydrogen) atoms. The molecule has 9 nitrogen and oxygen atoms in total. The van der Waals surface area contributed by atoms with Gasteiger partial charge in [-0.05, 0) is 118 Å². The molecule has 2 unspecified atom stereocenters. The molecular weight excluding hydrogens is 706 g/mol. The molecule has 6 rings (SSSR count). The second kappa shape index (κ2) is 17.3. The van der Waals surface area contributed by atoms with Crippen LogP contribution < -0.4 is 0 Å². The maximum atomic E-state index is 16.3. The van der Waals surface area contributed by atoms with Gasteiger partial charge in [-0.2, -0.15) is 5.26 Å². The Bertz CT molecular complexity index is 1650. The van der Waals surface area contributed by atoms with Crippen LogP contribution in [0, 0.1) is 28.5 Å². The van der Waals surface area contributed by atoms with E-state index in [1.165, 1.54) is 12.3 Å². The molecule has 3 fully saturated rings. The quantitative estimate of drug-likeness (QED) is 0.169. The van der Waals surface area contributed by atoms with Crippen molar-refractivity contribution >= 4 is 29.1 Å². The monoisotopic (exact) mass is 752 g/mol. The maximum absolute atomic E-state index is 16.3. The number of amides is 1. The molecule has 3 heterocycles. The summed E-state index contributed by atoms with van der Waals surface area (Å²) < 4.78 is 33.9. The molecule has 278 valence electrons. The number of benzene rings is 2. The summed E-state index contributed by atoms with van der Waals surface area (Å²) in [6, 6.07) is 15.9. The Balaban J connectivity index is 1.24. The van der Waals surface area contributed by atoms with Gasteiger partial charge in [-0.1, -0.05) is 35.3 Å². The molecule has 3 aliphatic rings. The van der Waals surface area contributed by atoms with Crippen LogP contribution in [-0.2, 0) is 39.5 Å². The topological polar surface area (TPSA) is 108 Å². The van der Waals surface area contributed by atoms with Crippen LogP contribution in [0.4, 0.5) is 4.39 Å². The number of nitriles is 1. The summed E-state index contributed by atoms with van der Waals surface area (Å²) in [7, 11) is 0. The van der Waals surface area contributed by atoms with E-state index in [1.807, 2.05) is 12.1 Å². The van der Waals surface area contributed by atoms with Crippen LogP contribution in [0.5, 0.6) is 0 Å². The van der Waals surface area contributed by atoms with Crippen LogP contribution >= 0.6 is 23.2 Å². The molecule has 2 atom stereocenters. The number of aliphatic hydroxyl groups is 1. The summed E-state index contributed by atoms with van der Waals surface area (Å²) in [4.78, 5) is 23.0. The fraction of sp³-hybridized carbons (Fsp3) is 0.525. The first kappa shape index (κ1) is 38.6. The van der Waals surface area contributed by atoms with Gasteiger partial charge >= 0.3 is 0 Å². The zero-order chi connectivity index (χ0) is 36.7. The summed E-state index contributed by atoms with van der Waals surface area (Å²) in [6.07, 6.45) is 7.36. The van der Waals surface area contributed by atoms with Gasteiger partial charge in [0, 0.05) is 42.0 Å². The van der Waals surface area contributed by atoms with Crippen molar-refractivity contribution in [1.29, 1.82) is 5.26 Å². The van der Waals surface area contributed by atoms with Gasteiger partial charge in [0.2, 0.25) is 0 Å². The van der Waals surface area contributed by atoms with Crippen molar-refractivity contribution in [3.05, 3.63) is 98.5 Å². The van der Waals surface area contributed by atoms with E-state index in [1.54, 1.807) is 42.2 Å². The smallest absolute Gasteiger partial charge is 0.254 e. The lowest BCUT2D eigenvalue weighted by Gasteiger charge is -2.40. The lowest BCUT2D eigenvalue weighted by molar-refractivity contribution is -0.165. The predicted molar refractivity (Wildman–Crippen MR) is 196 cm³/mol. The average Bonchev–Trinajstić information content (AvgIpc) is 3.94. The predicted octanol–water partition coefficient (Wildman–Crippen LogP) is 7.65. The Hall–Kier alpha value is -3.14. The fourth-order valence-electron chi connectivity index (χ4n) is 7.04. The molecule has 1 saturated carbocycles. The normalized spacial score (nSPS) is 20.2. The van der Waals surface area contributed by atoms with Crippen LogP contribution in [0.25, 0.3) is 0 Å². The Morgan fingerprint density at radius 3 is 2.52 bits per heavy atom. The van der Waals surface area contributed by atoms with E-state index in [0.29, 0.717) is 40.8 Å². The van der Waals surface area contributed by atoms with E-state index in [4.69, 9.17) is 37.4 Å². The van der Waals surface area contributed by atoms with Gasteiger partial charge in [-0.25, -0.2) is 4.39 Å². The van der Waals surface area contributed by atoms with Crippen molar-refractivity contribution in [2.75, 3.05) is 39.5 Å². The number of carbonyl (C=O) groups is 1. The van der Waals surface area contributed by atoms with E-state index < -0.39 is 22.7 Å². The Labute approximate surface area is 315 Å². The molecule has 2 aromatic carbocycles. The minimum absolute atomic E-state index is 0.0835. The largest absolute Gasteiger partial charge is 0.385 e. The summed E-state index contributed by atoms with van der Waals surface area (Å²) in [5, 5.41) is 22.7. The molecule has 2 aliphatic heterocycles. The third-order valence-corrected chi connectivity index (χ3v) is 11.1. The third-order valence-electron chi connectivity index (χ3n) is 10.7. The maximum Gasteiger partial charge on any atom is 0.254 e. The van der Waals surface area contributed by atoms with Gasteiger partial charge in [-0.3, -0.25) is 9.78 Å². The first-order chi connectivity index (χ1) is 25.0. The zero-order valence-corrected chi connectivity index (χ0v) is 31.2. The molecule has 1 aliphatic carbocycles. The van der Waals surface area contributed by atoms with Crippen LogP contribution in [0.15, 0.2) is 54.7 Å². The van der Waals surface area contributed by atoms with Gasteiger partial charge in [0.1, 0.15) is 5.82 Å². The second-order valence-electron chi connectivity index (χ2n) is 14.6. The highest BCUT2D eigenvalue weighted by Gasteiger charge is 2.44. The number of hydrogen-bond acceptors (Lipinski definition) is 8. The number of nitrogens with zero attached hydrogens (tertiary/aromatic N) is 4. The first-order valence-electron chi connectivity index (χ1n) is 18.2. The number of likely N-dealkylation sites (tertiary alicyclic amines) is 1. The minimum Gasteiger partial charge on any atom is -0.385 e. The van der Waals surface area contributed by atoms with Crippen LogP contribution in [-0.4, -0.2) is 71.5 Å². The molecular formula is C40H47Cl2FN4O5. The number of pyridine rings is 1. The molecule has 1 amide bonds. The number of hydrogen-bond donors (Lipinski definition) is 1. The fourth-order valence-corrected chi connectivity index (χ4v) is 7.28. The Morgan fingerprint density at radius 2 is 1.87 bits per heavy atom. The number of rotatable bonds is 15. The molecule has 3 aromatic rings. The average molecular weight is 754 g/mol. The molecule has 12 heteroatoms. The Kier molecular flexibility index (Phi) is 12.9. The lowest BCUT2D eigenvalue weighted by atomic mass is 9.76. The third kappa shape index (κ3) is 9.88. The highest BCUT2D eigenvalue weighted by atomic mass is 35.5. The number of aromatic nitrogens is 1. The van der Waals surface area contributed by atoms with E-state index >= 15 is 4.39 Å². The van der Waals surface area contributed by atoms with Crippen molar-refractivity contribution in [3.63, 3.8) is 0 Å². The van der Waals surface area contributed by atoms with E-state index in [-0.39, 0.29) is 49.6 Å². The van der Waals surface area contributed by atoms with Crippen molar-refractivity contribution in [2.45, 2.75) is 83.5 Å². The summed E-state index contributed by atoms with van der Waals surface area (Å²) in [6.45, 7) is 5.60. The SMILES string of the molecule is CC(O)(c1cc(F)c(COCC2(C#N)CC2)c(C(=O)N(Cc2ccc(Cl)cc2)Cc2ccc(Cl)cn2)c1)C1CCN(CCOC2CCCCO2)CC1. The standard InChI is InChI=1S/C40H47Cl2FN4O5/c1-39(49,29-11-15-46(16-12-29)17-19-52-37-4-2-3-18-51-37)30-20-34(35(36(43)21-30)25-50-27-40(26-44)13-14-40)38(48)47(23-28-5-7-31(41)8-6-28)24-33-10-9-32(42)22-45-33/h5-10,20-22,29,37,49H,2-4,11-19,23-25,27H2,1H3. The molecule has 0 spiro atoms. The molecule has 1 N–H and O–H groups in total. The number of piperidine rings is 1. The van der Waals surface area contributed by atoms with E-state index in [9.17, 15) is 15.2 Å². The van der Waals surface area contributed by atoms with E-state index in [2.05, 4.69) is 16.0 Å². The van der Waals surface area contributed by atoms with Gasteiger partial charge in [-0.15, -0.1) is 0 Å². The first-order valence-corrected chi connectivity index (χ1v) is 18.9. The zero-order valence-electron chi connectivity index (χ0n) is 29.7. The van der Waals surface area contributed by atoms with Gasteiger partial charge in [0.15, 0.2) is 6.29 Å². The Morgan fingerprint density at radius 1 is 1.12 bits per heavy atom. The number of carbonyl (C=O) groups excluding carboxylic acids is 1.